The lowest BCUT2D eigenvalue weighted by Crippen LogP contribution is -1.66. The van der Waals surface area contributed by atoms with Crippen LogP contribution in [0.1, 0.15) is 40.5 Å². The highest BCUT2D eigenvalue weighted by Crippen LogP contribution is 1.96. The number of allylic oxidation sites excluding steroid dienone is 3. The molecular formula is C10H20. The van der Waals surface area contributed by atoms with Crippen molar-refractivity contribution in [2.75, 3.05) is 0 Å². The van der Waals surface area contributed by atoms with Crippen molar-refractivity contribution in [3.8, 4) is 0 Å². The predicted octanol–water partition coefficient (Wildman–Crippen LogP) is 3.95. The van der Waals surface area contributed by atoms with Crippen LogP contribution in [-0.2, 0) is 0 Å². The molecule has 10 heavy (non-hydrogen) atoms. The quantitative estimate of drug-likeness (QED) is 0.521. The van der Waals surface area contributed by atoms with Crippen LogP contribution >= 0.6 is 0 Å². The van der Waals surface area contributed by atoms with Gasteiger partial charge in [0.05, 0.1) is 0 Å². The van der Waals surface area contributed by atoms with Crippen LogP contribution in [0.25, 0.3) is 0 Å². The molecule has 0 unspecified atom stereocenters. The van der Waals surface area contributed by atoms with Gasteiger partial charge in [-0.25, -0.2) is 0 Å². The minimum Gasteiger partial charge on any atom is -0.0988 e. The lowest BCUT2D eigenvalue weighted by molar-refractivity contribution is 0.952. The maximum Gasteiger partial charge on any atom is -0.0348 e. The molecule has 0 N–H and O–H groups in total. The van der Waals surface area contributed by atoms with Gasteiger partial charge in [-0.3, -0.25) is 0 Å². The Bertz CT molecular complexity index is 88.2. The summed E-state index contributed by atoms with van der Waals surface area (Å²) < 4.78 is 0. The molecule has 0 heteroatoms. The second kappa shape index (κ2) is 11.3. The minimum absolute atomic E-state index is 1.18. The molecule has 0 saturated carbocycles. The first-order valence-electron chi connectivity index (χ1n) is 4.10. The van der Waals surface area contributed by atoms with E-state index in [4.69, 9.17) is 0 Å². The smallest absolute Gasteiger partial charge is 0.0348 e. The molecule has 0 rings (SSSR count). The Kier molecular flexibility index (Phi) is 13.8. The van der Waals surface area contributed by atoms with Gasteiger partial charge in [-0.2, -0.15) is 0 Å². The van der Waals surface area contributed by atoms with Crippen molar-refractivity contribution in [1.82, 2.24) is 0 Å². The molecule has 0 fully saturated rings. The van der Waals surface area contributed by atoms with Crippen LogP contribution in [0.2, 0.25) is 0 Å². The van der Waals surface area contributed by atoms with Crippen LogP contribution in [0.4, 0.5) is 0 Å². The molecular weight excluding hydrogens is 120 g/mol. The summed E-state index contributed by atoms with van der Waals surface area (Å²) in [5.74, 6) is 0. The summed E-state index contributed by atoms with van der Waals surface area (Å²) in [6, 6.07) is 0. The first-order chi connectivity index (χ1) is 4.81. The maximum absolute atomic E-state index is 3.65. The van der Waals surface area contributed by atoms with E-state index in [0.29, 0.717) is 0 Å². The van der Waals surface area contributed by atoms with Gasteiger partial charge in [0.25, 0.3) is 0 Å². The highest BCUT2D eigenvalue weighted by molar-refractivity contribution is 5.12. The SMILES string of the molecule is C=C/C(C)=C\CCC.CC. The lowest BCUT2D eigenvalue weighted by atomic mass is 10.2. The van der Waals surface area contributed by atoms with Gasteiger partial charge < -0.3 is 0 Å². The van der Waals surface area contributed by atoms with E-state index < -0.39 is 0 Å². The summed E-state index contributed by atoms with van der Waals surface area (Å²) in [5, 5.41) is 0. The fourth-order valence-corrected chi connectivity index (χ4v) is 0.455. The number of unbranched alkanes of at least 4 members (excludes halogenated alkanes) is 1. The molecule has 0 radical (unpaired) electrons. The molecule has 0 nitrogen and oxygen atoms in total. The largest absolute Gasteiger partial charge is 0.0988 e. The molecule has 0 aliphatic carbocycles. The molecule has 0 atom stereocenters. The Morgan fingerprint density at radius 2 is 1.90 bits per heavy atom. The molecule has 0 aromatic carbocycles. The summed E-state index contributed by atoms with van der Waals surface area (Å²) in [6.45, 7) is 11.9. The van der Waals surface area contributed by atoms with Gasteiger partial charge in [0.1, 0.15) is 0 Å². The van der Waals surface area contributed by atoms with Crippen LogP contribution in [0.15, 0.2) is 24.3 Å². The Hall–Kier alpha value is -0.520. The summed E-state index contributed by atoms with van der Waals surface area (Å²) in [6.07, 6.45) is 6.49. The molecule has 0 aromatic heterocycles. The van der Waals surface area contributed by atoms with Gasteiger partial charge in [0.15, 0.2) is 0 Å². The Labute approximate surface area is 65.7 Å². The third kappa shape index (κ3) is 10.5. The van der Waals surface area contributed by atoms with E-state index in [0.717, 1.165) is 0 Å². The minimum atomic E-state index is 1.18. The highest BCUT2D eigenvalue weighted by atomic mass is 13.8. The third-order valence-corrected chi connectivity index (χ3v) is 1.08. The molecule has 0 bridgehead atoms. The second-order valence-electron chi connectivity index (χ2n) is 1.94. The Balaban J connectivity index is 0. The van der Waals surface area contributed by atoms with E-state index >= 15 is 0 Å². The summed E-state index contributed by atoms with van der Waals surface area (Å²) in [4.78, 5) is 0. The first-order valence-corrected chi connectivity index (χ1v) is 4.10. The van der Waals surface area contributed by atoms with Crippen molar-refractivity contribution in [3.05, 3.63) is 24.3 Å². The van der Waals surface area contributed by atoms with Crippen molar-refractivity contribution >= 4 is 0 Å². The zero-order valence-electron chi connectivity index (χ0n) is 7.78. The van der Waals surface area contributed by atoms with E-state index in [-0.39, 0.29) is 0 Å². The summed E-state index contributed by atoms with van der Waals surface area (Å²) >= 11 is 0. The van der Waals surface area contributed by atoms with Gasteiger partial charge in [0.2, 0.25) is 0 Å². The standard InChI is InChI=1S/C8H14.C2H6/c1-4-6-7-8(3)5-2;1-2/h5,7H,2,4,6H2,1,3H3;1-2H3/b8-7-;. The zero-order chi connectivity index (χ0) is 8.41. The summed E-state index contributed by atoms with van der Waals surface area (Å²) in [7, 11) is 0. The Morgan fingerprint density at radius 1 is 1.40 bits per heavy atom. The topological polar surface area (TPSA) is 0 Å². The molecule has 0 aliphatic heterocycles. The lowest BCUT2D eigenvalue weighted by Gasteiger charge is -1.87. The van der Waals surface area contributed by atoms with Crippen LogP contribution in [0.5, 0.6) is 0 Å². The average Bonchev–Trinajstić information content (AvgIpc) is 2.04. The molecule has 0 aliphatic rings. The van der Waals surface area contributed by atoms with Crippen LogP contribution in [-0.4, -0.2) is 0 Å². The van der Waals surface area contributed by atoms with E-state index in [1.165, 1.54) is 18.4 Å². The van der Waals surface area contributed by atoms with E-state index in [1.54, 1.807) is 0 Å². The normalized spacial score (nSPS) is 9.80. The number of hydrogen-bond acceptors (Lipinski definition) is 0. The predicted molar refractivity (Wildman–Crippen MR) is 50.2 cm³/mol. The first kappa shape index (κ1) is 12.2. The molecule has 0 spiro atoms. The van der Waals surface area contributed by atoms with Crippen LogP contribution in [0.3, 0.4) is 0 Å². The van der Waals surface area contributed by atoms with Crippen molar-refractivity contribution in [1.29, 1.82) is 0 Å². The Morgan fingerprint density at radius 3 is 2.20 bits per heavy atom. The molecule has 0 amide bonds. The molecule has 0 aromatic rings. The van der Waals surface area contributed by atoms with Crippen molar-refractivity contribution in [2.24, 2.45) is 0 Å². The average molecular weight is 140 g/mol. The number of hydrogen-bond donors (Lipinski definition) is 0. The van der Waals surface area contributed by atoms with E-state index in [1.807, 2.05) is 19.9 Å². The molecule has 0 saturated heterocycles. The fraction of sp³-hybridized carbons (Fsp3) is 0.600. The molecule has 60 valence electrons. The molecule has 0 heterocycles. The van der Waals surface area contributed by atoms with Gasteiger partial charge in [-0.05, 0) is 13.3 Å². The van der Waals surface area contributed by atoms with E-state index in [9.17, 15) is 0 Å². The zero-order valence-corrected chi connectivity index (χ0v) is 7.78. The van der Waals surface area contributed by atoms with Crippen molar-refractivity contribution < 1.29 is 0 Å². The fourth-order valence-electron chi connectivity index (χ4n) is 0.455. The van der Waals surface area contributed by atoms with Crippen LogP contribution in [0, 0.1) is 0 Å². The maximum atomic E-state index is 3.65. The van der Waals surface area contributed by atoms with Crippen molar-refractivity contribution in [3.63, 3.8) is 0 Å². The second-order valence-corrected chi connectivity index (χ2v) is 1.94. The van der Waals surface area contributed by atoms with Crippen LogP contribution < -0.4 is 0 Å². The number of rotatable bonds is 3. The van der Waals surface area contributed by atoms with Crippen molar-refractivity contribution in [2.45, 2.75) is 40.5 Å². The van der Waals surface area contributed by atoms with Gasteiger partial charge >= 0.3 is 0 Å². The van der Waals surface area contributed by atoms with Gasteiger partial charge in [-0.1, -0.05) is 51.5 Å². The van der Waals surface area contributed by atoms with Gasteiger partial charge in [0, 0.05) is 0 Å². The highest BCUT2D eigenvalue weighted by Gasteiger charge is 1.76. The van der Waals surface area contributed by atoms with Gasteiger partial charge in [-0.15, -0.1) is 0 Å². The third-order valence-electron chi connectivity index (χ3n) is 1.08. The van der Waals surface area contributed by atoms with E-state index in [2.05, 4.69) is 26.5 Å². The monoisotopic (exact) mass is 140 g/mol. The summed E-state index contributed by atoms with van der Waals surface area (Å²) in [5.41, 5.74) is 1.28.